The quantitative estimate of drug-likeness (QED) is 0.694. The number of amides is 1. The summed E-state index contributed by atoms with van der Waals surface area (Å²) in [5, 5.41) is 18.9. The Balaban J connectivity index is 2.16. The van der Waals surface area contributed by atoms with E-state index in [0.717, 1.165) is 13.1 Å². The molecule has 0 radical (unpaired) electrons. The van der Waals surface area contributed by atoms with Gasteiger partial charge in [-0.3, -0.25) is 9.69 Å². The lowest BCUT2D eigenvalue weighted by Gasteiger charge is -2.42. The number of carbonyl (C=O) groups excluding carboxylic acids is 1. The van der Waals surface area contributed by atoms with E-state index in [-0.39, 0.29) is 37.0 Å². The van der Waals surface area contributed by atoms with Gasteiger partial charge in [0, 0.05) is 45.4 Å². The van der Waals surface area contributed by atoms with Gasteiger partial charge in [0.1, 0.15) is 5.88 Å². The molecule has 2 N–H and O–H groups in total. The Kier molecular flexibility index (Phi) is 7.99. The van der Waals surface area contributed by atoms with Crippen molar-refractivity contribution in [1.29, 1.82) is 0 Å². The summed E-state index contributed by atoms with van der Waals surface area (Å²) in [6.45, 7) is 3.10. The molecule has 1 aliphatic heterocycles. The van der Waals surface area contributed by atoms with Crippen molar-refractivity contribution in [2.45, 2.75) is 18.9 Å². The first-order chi connectivity index (χ1) is 11.7. The average molecular weight is 355 g/mol. The van der Waals surface area contributed by atoms with Gasteiger partial charge < -0.3 is 15.1 Å². The summed E-state index contributed by atoms with van der Waals surface area (Å²) in [6, 6.07) is 10.4. The summed E-state index contributed by atoms with van der Waals surface area (Å²) >= 11 is 5.65. The maximum atomic E-state index is 11.8. The molecule has 134 valence electrons. The van der Waals surface area contributed by atoms with Crippen LogP contribution in [0.3, 0.4) is 0 Å². The fraction of sp³-hybridized carbons (Fsp3) is 0.611. The molecule has 1 amide bonds. The molecule has 0 saturated carbocycles. The van der Waals surface area contributed by atoms with E-state index in [0.29, 0.717) is 25.9 Å². The molecule has 0 bridgehead atoms. The van der Waals surface area contributed by atoms with Crippen LogP contribution in [0.1, 0.15) is 24.4 Å². The number of halogens is 1. The second-order valence-corrected chi connectivity index (χ2v) is 6.46. The minimum atomic E-state index is -0.0187. The first kappa shape index (κ1) is 19.2. The van der Waals surface area contributed by atoms with Crippen molar-refractivity contribution in [3.63, 3.8) is 0 Å². The first-order valence-corrected chi connectivity index (χ1v) is 9.09. The molecule has 1 atom stereocenters. The maximum Gasteiger partial charge on any atom is 0.237 e. The highest BCUT2D eigenvalue weighted by Gasteiger charge is 2.31. The summed E-state index contributed by atoms with van der Waals surface area (Å²) in [6.07, 6.45) is 1.31. The highest BCUT2D eigenvalue weighted by molar-refractivity contribution is 6.27. The number of piperazine rings is 1. The SMILES string of the molecule is O=C(CCl)N1CCN(C(c2ccccc2)C(CCO)CCO)CC1. The number of benzene rings is 1. The Bertz CT molecular complexity index is 486. The van der Waals surface area contributed by atoms with Crippen molar-refractivity contribution in [3.05, 3.63) is 35.9 Å². The van der Waals surface area contributed by atoms with E-state index in [1.54, 1.807) is 4.90 Å². The molecule has 0 aromatic heterocycles. The van der Waals surface area contributed by atoms with Crippen LogP contribution >= 0.6 is 11.6 Å². The smallest absolute Gasteiger partial charge is 0.237 e. The predicted molar refractivity (Wildman–Crippen MR) is 95.0 cm³/mol. The van der Waals surface area contributed by atoms with Crippen LogP contribution in [0.15, 0.2) is 30.3 Å². The predicted octanol–water partition coefficient (Wildman–Crippen LogP) is 1.49. The minimum Gasteiger partial charge on any atom is -0.396 e. The third-order valence-corrected chi connectivity index (χ3v) is 4.99. The van der Waals surface area contributed by atoms with Gasteiger partial charge in [-0.1, -0.05) is 30.3 Å². The van der Waals surface area contributed by atoms with Crippen LogP contribution in [0.4, 0.5) is 0 Å². The number of hydrogen-bond donors (Lipinski definition) is 2. The van der Waals surface area contributed by atoms with E-state index in [1.165, 1.54) is 5.56 Å². The zero-order chi connectivity index (χ0) is 17.4. The lowest BCUT2D eigenvalue weighted by molar-refractivity contribution is -0.130. The van der Waals surface area contributed by atoms with Gasteiger partial charge in [-0.15, -0.1) is 11.6 Å². The average Bonchev–Trinajstić information content (AvgIpc) is 2.63. The number of rotatable bonds is 8. The fourth-order valence-electron chi connectivity index (χ4n) is 3.56. The van der Waals surface area contributed by atoms with E-state index in [2.05, 4.69) is 17.0 Å². The van der Waals surface area contributed by atoms with E-state index in [1.807, 2.05) is 18.2 Å². The van der Waals surface area contributed by atoms with Crippen LogP contribution in [-0.2, 0) is 4.79 Å². The number of alkyl halides is 1. The minimum absolute atomic E-state index is 0.0187. The Labute approximate surface area is 148 Å². The van der Waals surface area contributed by atoms with Crippen molar-refractivity contribution in [2.24, 2.45) is 5.92 Å². The number of hydrogen-bond acceptors (Lipinski definition) is 4. The van der Waals surface area contributed by atoms with Gasteiger partial charge in [-0.2, -0.15) is 0 Å². The van der Waals surface area contributed by atoms with Gasteiger partial charge in [-0.25, -0.2) is 0 Å². The monoisotopic (exact) mass is 354 g/mol. The Morgan fingerprint density at radius 3 is 2.12 bits per heavy atom. The van der Waals surface area contributed by atoms with E-state index >= 15 is 0 Å². The van der Waals surface area contributed by atoms with Crippen LogP contribution in [0.2, 0.25) is 0 Å². The second-order valence-electron chi connectivity index (χ2n) is 6.19. The number of aliphatic hydroxyl groups excluding tert-OH is 2. The molecule has 1 saturated heterocycles. The molecule has 1 fully saturated rings. The highest BCUT2D eigenvalue weighted by atomic mass is 35.5. The molecule has 0 spiro atoms. The zero-order valence-electron chi connectivity index (χ0n) is 14.0. The topological polar surface area (TPSA) is 64.0 Å². The highest BCUT2D eigenvalue weighted by Crippen LogP contribution is 2.33. The summed E-state index contributed by atoms with van der Waals surface area (Å²) in [5.41, 5.74) is 1.20. The molecule has 1 aliphatic rings. The molecular weight excluding hydrogens is 328 g/mol. The molecule has 2 rings (SSSR count). The van der Waals surface area contributed by atoms with Gasteiger partial charge in [0.05, 0.1) is 0 Å². The van der Waals surface area contributed by atoms with Crippen molar-refractivity contribution in [3.8, 4) is 0 Å². The molecule has 1 unspecified atom stereocenters. The van der Waals surface area contributed by atoms with Gasteiger partial charge in [0.15, 0.2) is 0 Å². The van der Waals surface area contributed by atoms with Crippen LogP contribution in [0.25, 0.3) is 0 Å². The first-order valence-electron chi connectivity index (χ1n) is 8.55. The lowest BCUT2D eigenvalue weighted by Crippen LogP contribution is -2.51. The largest absolute Gasteiger partial charge is 0.396 e. The third kappa shape index (κ3) is 4.93. The Hall–Kier alpha value is -1.14. The van der Waals surface area contributed by atoms with E-state index in [4.69, 9.17) is 11.6 Å². The standard InChI is InChI=1S/C18H27ClN2O3/c19-14-17(24)20-8-10-21(11-9-20)18(15-4-2-1-3-5-15)16(6-12-22)7-13-23/h1-5,16,18,22-23H,6-14H2. The van der Waals surface area contributed by atoms with Crippen LogP contribution in [0, 0.1) is 5.92 Å². The summed E-state index contributed by atoms with van der Waals surface area (Å²) in [4.78, 5) is 15.9. The van der Waals surface area contributed by atoms with Crippen LogP contribution in [0.5, 0.6) is 0 Å². The molecule has 24 heavy (non-hydrogen) atoms. The Morgan fingerprint density at radius 1 is 1.04 bits per heavy atom. The number of aliphatic hydroxyl groups is 2. The molecule has 1 aromatic carbocycles. The van der Waals surface area contributed by atoms with Crippen LogP contribution < -0.4 is 0 Å². The van der Waals surface area contributed by atoms with E-state index < -0.39 is 0 Å². The van der Waals surface area contributed by atoms with Crippen molar-refractivity contribution < 1.29 is 15.0 Å². The molecule has 6 heteroatoms. The Morgan fingerprint density at radius 2 is 1.62 bits per heavy atom. The van der Waals surface area contributed by atoms with Gasteiger partial charge in [0.25, 0.3) is 0 Å². The molecule has 0 aliphatic carbocycles. The van der Waals surface area contributed by atoms with Crippen LogP contribution in [-0.4, -0.2) is 71.2 Å². The van der Waals surface area contributed by atoms with E-state index in [9.17, 15) is 15.0 Å². The molecule has 1 heterocycles. The fourth-order valence-corrected chi connectivity index (χ4v) is 3.73. The summed E-state index contributed by atoms with van der Waals surface area (Å²) in [5.74, 6) is 0.187. The zero-order valence-corrected chi connectivity index (χ0v) is 14.7. The van der Waals surface area contributed by atoms with Crippen molar-refractivity contribution in [2.75, 3.05) is 45.3 Å². The molecule has 1 aromatic rings. The van der Waals surface area contributed by atoms with Gasteiger partial charge >= 0.3 is 0 Å². The van der Waals surface area contributed by atoms with Gasteiger partial charge in [0.2, 0.25) is 5.91 Å². The lowest BCUT2D eigenvalue weighted by atomic mass is 9.86. The second kappa shape index (κ2) is 9.99. The summed E-state index contributed by atoms with van der Waals surface area (Å²) in [7, 11) is 0. The number of carbonyl (C=O) groups is 1. The number of nitrogens with zero attached hydrogens (tertiary/aromatic N) is 2. The van der Waals surface area contributed by atoms with Gasteiger partial charge in [-0.05, 0) is 24.3 Å². The summed E-state index contributed by atoms with van der Waals surface area (Å²) < 4.78 is 0. The van der Waals surface area contributed by atoms with Crippen molar-refractivity contribution in [1.82, 2.24) is 9.80 Å². The molecular formula is C18H27ClN2O3. The van der Waals surface area contributed by atoms with Crippen molar-refractivity contribution >= 4 is 17.5 Å². The molecule has 5 nitrogen and oxygen atoms in total. The maximum absolute atomic E-state index is 11.8. The normalized spacial score (nSPS) is 17.2. The third-order valence-electron chi connectivity index (χ3n) is 4.76.